The first-order chi connectivity index (χ1) is 10.2. The van der Waals surface area contributed by atoms with E-state index in [0.717, 1.165) is 37.4 Å². The van der Waals surface area contributed by atoms with E-state index in [0.29, 0.717) is 11.3 Å². The van der Waals surface area contributed by atoms with Crippen LogP contribution in [0.4, 0.5) is 0 Å². The van der Waals surface area contributed by atoms with E-state index in [1.165, 1.54) is 12.1 Å². The smallest absolute Gasteiger partial charge is 0.161 e. The number of thioether (sulfide) groups is 1. The Bertz CT molecular complexity index is 395. The molecule has 5 heteroatoms. The molecule has 4 nitrogen and oxygen atoms in total. The van der Waals surface area contributed by atoms with Crippen molar-refractivity contribution in [1.29, 1.82) is 0 Å². The van der Waals surface area contributed by atoms with Crippen LogP contribution in [0.15, 0.2) is 6.20 Å². The molecule has 0 aliphatic heterocycles. The highest BCUT2D eigenvalue weighted by molar-refractivity contribution is 7.99. The van der Waals surface area contributed by atoms with Crippen molar-refractivity contribution < 1.29 is 4.74 Å². The predicted octanol–water partition coefficient (Wildman–Crippen LogP) is 3.87. The van der Waals surface area contributed by atoms with Gasteiger partial charge in [-0.15, -0.1) is 0 Å². The summed E-state index contributed by atoms with van der Waals surface area (Å²) in [7, 11) is 1.73. The number of aryl methyl sites for hydroxylation is 1. The van der Waals surface area contributed by atoms with Crippen LogP contribution in [-0.2, 0) is 6.54 Å². The van der Waals surface area contributed by atoms with Crippen LogP contribution < -0.4 is 10.1 Å². The molecule has 0 bridgehead atoms. The van der Waals surface area contributed by atoms with Crippen molar-refractivity contribution >= 4 is 11.8 Å². The van der Waals surface area contributed by atoms with Gasteiger partial charge in [-0.2, -0.15) is 16.9 Å². The molecule has 1 N–H and O–H groups in total. The van der Waals surface area contributed by atoms with Crippen LogP contribution in [0.1, 0.15) is 58.7 Å². The van der Waals surface area contributed by atoms with Gasteiger partial charge >= 0.3 is 0 Å². The van der Waals surface area contributed by atoms with Gasteiger partial charge in [-0.05, 0) is 25.8 Å². The third kappa shape index (κ3) is 5.55. The summed E-state index contributed by atoms with van der Waals surface area (Å²) in [5.74, 6) is 1.96. The van der Waals surface area contributed by atoms with Gasteiger partial charge in [0.1, 0.15) is 0 Å². The average Bonchev–Trinajstić information content (AvgIpc) is 2.90. The quantitative estimate of drug-likeness (QED) is 0.673. The van der Waals surface area contributed by atoms with Gasteiger partial charge in [0.25, 0.3) is 0 Å². The molecule has 21 heavy (non-hydrogen) atoms. The van der Waals surface area contributed by atoms with E-state index in [-0.39, 0.29) is 0 Å². The third-order valence-electron chi connectivity index (χ3n) is 3.59. The Morgan fingerprint density at radius 2 is 2.10 bits per heavy atom. The number of rotatable bonds is 11. The van der Waals surface area contributed by atoms with Crippen molar-refractivity contribution in [1.82, 2.24) is 15.1 Å². The summed E-state index contributed by atoms with van der Waals surface area (Å²) in [6, 6.07) is 0.299. The first-order valence-corrected chi connectivity index (χ1v) is 9.17. The van der Waals surface area contributed by atoms with Gasteiger partial charge in [-0.1, -0.05) is 27.7 Å². The Kier molecular flexibility index (Phi) is 8.85. The van der Waals surface area contributed by atoms with Crippen LogP contribution in [-0.4, -0.2) is 34.4 Å². The summed E-state index contributed by atoms with van der Waals surface area (Å²) in [5, 5.41) is 8.84. The van der Waals surface area contributed by atoms with Gasteiger partial charge in [0.15, 0.2) is 5.75 Å². The predicted molar refractivity (Wildman–Crippen MR) is 92.3 cm³/mol. The first-order valence-electron chi connectivity index (χ1n) is 8.12. The van der Waals surface area contributed by atoms with Crippen LogP contribution in [0.3, 0.4) is 0 Å². The molecule has 0 saturated carbocycles. The van der Waals surface area contributed by atoms with Crippen molar-refractivity contribution in [3.63, 3.8) is 0 Å². The molecule has 0 fully saturated rings. The molecule has 1 aromatic rings. The molecule has 1 heterocycles. The first kappa shape index (κ1) is 18.4. The number of aromatic nitrogens is 2. The minimum atomic E-state index is 0.299. The zero-order valence-electron chi connectivity index (χ0n) is 14.2. The highest BCUT2D eigenvalue weighted by Crippen LogP contribution is 2.29. The van der Waals surface area contributed by atoms with Crippen LogP contribution in [0.2, 0.25) is 0 Å². The van der Waals surface area contributed by atoms with Crippen molar-refractivity contribution in [2.75, 3.05) is 19.4 Å². The van der Waals surface area contributed by atoms with E-state index in [4.69, 9.17) is 4.74 Å². The molecule has 1 aromatic heterocycles. The molecular formula is C16H31N3OS. The topological polar surface area (TPSA) is 39.1 Å². The van der Waals surface area contributed by atoms with Gasteiger partial charge in [-0.25, -0.2) is 0 Å². The molecule has 0 amide bonds. The standard InChI is InChI=1S/C16H31N3OS/c1-6-9-17-14(12-21-13(4)8-3)16-15(20-5)11-18-19(16)10-7-2/h11,13-14,17H,6-10,12H2,1-5H3. The van der Waals surface area contributed by atoms with E-state index < -0.39 is 0 Å². The molecule has 0 radical (unpaired) electrons. The van der Waals surface area contributed by atoms with Gasteiger partial charge in [0.2, 0.25) is 0 Å². The lowest BCUT2D eigenvalue weighted by Gasteiger charge is -2.22. The Labute approximate surface area is 134 Å². The van der Waals surface area contributed by atoms with E-state index in [9.17, 15) is 0 Å². The minimum Gasteiger partial charge on any atom is -0.493 e. The SMILES string of the molecule is CCCNC(CSC(C)CC)c1c(OC)cnn1CCC. The zero-order chi connectivity index (χ0) is 15.7. The molecule has 122 valence electrons. The lowest BCUT2D eigenvalue weighted by molar-refractivity contribution is 0.395. The van der Waals surface area contributed by atoms with Crippen LogP contribution in [0, 0.1) is 0 Å². The van der Waals surface area contributed by atoms with Crippen molar-refractivity contribution in [3.8, 4) is 5.75 Å². The Balaban J connectivity index is 2.91. The summed E-state index contributed by atoms with van der Waals surface area (Å²) in [5.41, 5.74) is 1.20. The third-order valence-corrected chi connectivity index (χ3v) is 5.02. The van der Waals surface area contributed by atoms with Crippen molar-refractivity contribution in [2.45, 2.75) is 64.8 Å². The van der Waals surface area contributed by atoms with Gasteiger partial charge < -0.3 is 10.1 Å². The highest BCUT2D eigenvalue weighted by atomic mass is 32.2. The summed E-state index contributed by atoms with van der Waals surface area (Å²) < 4.78 is 7.63. The Morgan fingerprint density at radius 1 is 1.33 bits per heavy atom. The van der Waals surface area contributed by atoms with Crippen LogP contribution in [0.25, 0.3) is 0 Å². The maximum atomic E-state index is 5.53. The van der Waals surface area contributed by atoms with E-state index >= 15 is 0 Å². The lowest BCUT2D eigenvalue weighted by Crippen LogP contribution is -2.27. The number of hydrogen-bond acceptors (Lipinski definition) is 4. The molecule has 0 saturated heterocycles. The fraction of sp³-hybridized carbons (Fsp3) is 0.812. The monoisotopic (exact) mass is 313 g/mol. The van der Waals surface area contributed by atoms with Gasteiger partial charge in [-0.3, -0.25) is 4.68 Å². The second-order valence-corrected chi connectivity index (χ2v) is 6.85. The van der Waals surface area contributed by atoms with Gasteiger partial charge in [0.05, 0.1) is 25.0 Å². The fourth-order valence-corrected chi connectivity index (χ4v) is 3.24. The summed E-state index contributed by atoms with van der Waals surface area (Å²) >= 11 is 2.02. The maximum absolute atomic E-state index is 5.53. The summed E-state index contributed by atoms with van der Waals surface area (Å²) in [6.07, 6.45) is 5.27. The molecule has 0 aliphatic carbocycles. The van der Waals surface area contributed by atoms with Crippen LogP contribution >= 0.6 is 11.8 Å². The lowest BCUT2D eigenvalue weighted by atomic mass is 10.2. The molecule has 0 aliphatic rings. The second-order valence-electron chi connectivity index (χ2n) is 5.38. The number of ether oxygens (including phenoxy) is 1. The fourth-order valence-electron chi connectivity index (χ4n) is 2.21. The summed E-state index contributed by atoms with van der Waals surface area (Å²) in [6.45, 7) is 10.9. The van der Waals surface area contributed by atoms with E-state index in [1.54, 1.807) is 7.11 Å². The number of nitrogens with one attached hydrogen (secondary N) is 1. The molecule has 0 spiro atoms. The normalized spacial score (nSPS) is 14.1. The number of methoxy groups -OCH3 is 1. The van der Waals surface area contributed by atoms with Crippen LogP contribution in [0.5, 0.6) is 5.75 Å². The zero-order valence-corrected chi connectivity index (χ0v) is 15.0. The largest absolute Gasteiger partial charge is 0.493 e. The van der Waals surface area contributed by atoms with Gasteiger partial charge in [0, 0.05) is 17.5 Å². The van der Waals surface area contributed by atoms with E-state index in [2.05, 4.69) is 42.8 Å². The molecule has 0 aromatic carbocycles. The Hall–Kier alpha value is -0.680. The van der Waals surface area contributed by atoms with E-state index in [1.807, 2.05) is 18.0 Å². The van der Waals surface area contributed by atoms with Crippen molar-refractivity contribution in [3.05, 3.63) is 11.9 Å². The molecule has 2 unspecified atom stereocenters. The maximum Gasteiger partial charge on any atom is 0.161 e. The molecular weight excluding hydrogens is 282 g/mol. The number of hydrogen-bond donors (Lipinski definition) is 1. The average molecular weight is 314 g/mol. The molecule has 1 rings (SSSR count). The molecule has 2 atom stereocenters. The summed E-state index contributed by atoms with van der Waals surface area (Å²) in [4.78, 5) is 0. The van der Waals surface area contributed by atoms with Crippen molar-refractivity contribution in [2.24, 2.45) is 0 Å². The Morgan fingerprint density at radius 3 is 2.67 bits per heavy atom. The highest BCUT2D eigenvalue weighted by Gasteiger charge is 2.22. The second kappa shape index (κ2) is 10.1. The number of nitrogens with zero attached hydrogens (tertiary/aromatic N) is 2. The minimum absolute atomic E-state index is 0.299.